The molecule has 1 aromatic heterocycles. The molecule has 0 fully saturated rings. The molecule has 1 heterocycles. The Morgan fingerprint density at radius 1 is 0.593 bits per heavy atom. The van der Waals surface area contributed by atoms with Gasteiger partial charge in [-0.05, 0) is 35.4 Å². The predicted molar refractivity (Wildman–Crippen MR) is 106 cm³/mol. The lowest BCUT2D eigenvalue weighted by molar-refractivity contribution is 0.121. The Morgan fingerprint density at radius 2 is 1.15 bits per heavy atom. The molecule has 0 spiro atoms. The molecule has 3 heteroatoms. The maximum atomic E-state index is 11.8. The van der Waals surface area contributed by atoms with Crippen LogP contribution in [0.1, 0.15) is 16.8 Å². The fourth-order valence-corrected chi connectivity index (χ4v) is 3.30. The van der Waals surface area contributed by atoms with Gasteiger partial charge in [0.1, 0.15) is 5.75 Å². The number of nitrogens with zero attached hydrogens (tertiary/aromatic N) is 1. The van der Waals surface area contributed by atoms with Crippen molar-refractivity contribution >= 4 is 0 Å². The number of phenolic OH excluding ortho intramolecular Hbond substituents is 1. The lowest BCUT2D eigenvalue weighted by atomic mass is 9.83. The topological polar surface area (TPSA) is 53.4 Å². The van der Waals surface area contributed by atoms with E-state index < -0.39 is 5.60 Å². The molecule has 0 unspecified atom stereocenters. The van der Waals surface area contributed by atoms with Crippen molar-refractivity contribution in [3.8, 4) is 17.0 Å². The molecule has 0 saturated heterocycles. The van der Waals surface area contributed by atoms with Gasteiger partial charge in [-0.15, -0.1) is 0 Å². The first kappa shape index (κ1) is 17.0. The summed E-state index contributed by atoms with van der Waals surface area (Å²) in [5.74, 6) is 0.158. The van der Waals surface area contributed by atoms with Gasteiger partial charge in [0.15, 0.2) is 5.60 Å². The van der Waals surface area contributed by atoms with E-state index in [1.54, 1.807) is 12.1 Å². The van der Waals surface area contributed by atoms with Gasteiger partial charge in [0.25, 0.3) is 0 Å². The van der Waals surface area contributed by atoms with Gasteiger partial charge >= 0.3 is 0 Å². The molecule has 0 aliphatic rings. The lowest BCUT2D eigenvalue weighted by Crippen LogP contribution is -2.30. The van der Waals surface area contributed by atoms with Crippen molar-refractivity contribution in [1.82, 2.24) is 4.98 Å². The SMILES string of the molecule is Oc1ccccc1-c1cccc(C(O)(c2ccccc2)c2ccccc2)n1. The van der Waals surface area contributed by atoms with Crippen LogP contribution in [0.3, 0.4) is 0 Å². The molecule has 0 atom stereocenters. The zero-order valence-corrected chi connectivity index (χ0v) is 14.7. The van der Waals surface area contributed by atoms with Crippen molar-refractivity contribution in [3.05, 3.63) is 120 Å². The smallest absolute Gasteiger partial charge is 0.157 e. The van der Waals surface area contributed by atoms with Crippen LogP contribution in [0.4, 0.5) is 0 Å². The average Bonchev–Trinajstić information content (AvgIpc) is 2.75. The average molecular weight is 353 g/mol. The second-order valence-electron chi connectivity index (χ2n) is 6.37. The molecule has 132 valence electrons. The van der Waals surface area contributed by atoms with Gasteiger partial charge in [-0.1, -0.05) is 78.9 Å². The summed E-state index contributed by atoms with van der Waals surface area (Å²) in [7, 11) is 0. The van der Waals surface area contributed by atoms with E-state index in [1.165, 1.54) is 0 Å². The Morgan fingerprint density at radius 3 is 1.74 bits per heavy atom. The number of aromatic nitrogens is 1. The lowest BCUT2D eigenvalue weighted by Gasteiger charge is -2.29. The van der Waals surface area contributed by atoms with E-state index in [4.69, 9.17) is 4.98 Å². The van der Waals surface area contributed by atoms with Gasteiger partial charge in [-0.2, -0.15) is 0 Å². The highest BCUT2D eigenvalue weighted by molar-refractivity contribution is 5.67. The highest BCUT2D eigenvalue weighted by Crippen LogP contribution is 2.37. The van der Waals surface area contributed by atoms with Gasteiger partial charge in [0.2, 0.25) is 0 Å². The first-order chi connectivity index (χ1) is 13.2. The molecule has 0 amide bonds. The Kier molecular flexibility index (Phi) is 4.45. The number of aromatic hydroxyl groups is 1. The Labute approximate surface area is 158 Å². The minimum atomic E-state index is -1.40. The predicted octanol–water partition coefficient (Wildman–Crippen LogP) is 4.74. The number of aliphatic hydroxyl groups is 1. The second kappa shape index (κ2) is 7.06. The van der Waals surface area contributed by atoms with E-state index in [2.05, 4.69) is 0 Å². The fraction of sp³-hybridized carbons (Fsp3) is 0.0417. The minimum Gasteiger partial charge on any atom is -0.507 e. The maximum absolute atomic E-state index is 11.8. The molecule has 0 aliphatic heterocycles. The van der Waals surface area contributed by atoms with E-state index >= 15 is 0 Å². The number of phenols is 1. The van der Waals surface area contributed by atoms with Crippen molar-refractivity contribution in [1.29, 1.82) is 0 Å². The summed E-state index contributed by atoms with van der Waals surface area (Å²) in [6.45, 7) is 0. The Bertz CT molecular complexity index is 1010. The molecular weight excluding hydrogens is 334 g/mol. The molecule has 27 heavy (non-hydrogen) atoms. The van der Waals surface area contributed by atoms with Crippen LogP contribution in [-0.2, 0) is 5.60 Å². The summed E-state index contributed by atoms with van der Waals surface area (Å²) in [5, 5.41) is 22.0. The van der Waals surface area contributed by atoms with Crippen molar-refractivity contribution in [2.75, 3.05) is 0 Å². The van der Waals surface area contributed by atoms with Crippen LogP contribution >= 0.6 is 0 Å². The molecule has 2 N–H and O–H groups in total. The standard InChI is InChI=1S/C24H19NO2/c26-22-16-8-7-14-20(22)21-15-9-17-23(25-21)24(27,18-10-3-1-4-11-18)19-12-5-2-6-13-19/h1-17,26-27H. The van der Waals surface area contributed by atoms with Crippen LogP contribution in [0, 0.1) is 0 Å². The number of hydrogen-bond donors (Lipinski definition) is 2. The molecule has 0 radical (unpaired) electrons. The molecule has 4 aromatic rings. The van der Waals surface area contributed by atoms with Crippen molar-refractivity contribution < 1.29 is 10.2 Å². The number of pyridine rings is 1. The van der Waals surface area contributed by atoms with E-state index in [-0.39, 0.29) is 5.75 Å². The molecular formula is C24H19NO2. The highest BCUT2D eigenvalue weighted by Gasteiger charge is 2.35. The summed E-state index contributed by atoms with van der Waals surface area (Å²) < 4.78 is 0. The van der Waals surface area contributed by atoms with Crippen LogP contribution in [0.5, 0.6) is 5.75 Å². The largest absolute Gasteiger partial charge is 0.507 e. The quantitative estimate of drug-likeness (QED) is 0.557. The first-order valence-corrected chi connectivity index (χ1v) is 8.79. The molecule has 0 saturated carbocycles. The molecule has 3 aromatic carbocycles. The number of hydrogen-bond acceptors (Lipinski definition) is 3. The molecule has 0 aliphatic carbocycles. The monoisotopic (exact) mass is 353 g/mol. The zero-order chi connectivity index (χ0) is 18.7. The number of rotatable bonds is 4. The third-order valence-corrected chi connectivity index (χ3v) is 4.68. The Balaban J connectivity index is 1.92. The first-order valence-electron chi connectivity index (χ1n) is 8.79. The van der Waals surface area contributed by atoms with Crippen molar-refractivity contribution in [2.24, 2.45) is 0 Å². The van der Waals surface area contributed by atoms with Gasteiger partial charge in [-0.3, -0.25) is 0 Å². The van der Waals surface area contributed by atoms with Crippen molar-refractivity contribution in [3.63, 3.8) is 0 Å². The second-order valence-corrected chi connectivity index (χ2v) is 6.37. The Hall–Kier alpha value is -3.43. The third kappa shape index (κ3) is 3.09. The fourth-order valence-electron chi connectivity index (χ4n) is 3.30. The normalized spacial score (nSPS) is 11.3. The van der Waals surface area contributed by atoms with Gasteiger partial charge < -0.3 is 10.2 Å². The van der Waals surface area contributed by atoms with E-state index in [0.29, 0.717) is 17.0 Å². The van der Waals surface area contributed by atoms with Gasteiger partial charge in [0, 0.05) is 5.56 Å². The summed E-state index contributed by atoms with van der Waals surface area (Å²) in [6, 6.07) is 31.5. The van der Waals surface area contributed by atoms with Crippen LogP contribution < -0.4 is 0 Å². The van der Waals surface area contributed by atoms with Crippen molar-refractivity contribution in [2.45, 2.75) is 5.60 Å². The van der Waals surface area contributed by atoms with Crippen LogP contribution in [0.2, 0.25) is 0 Å². The van der Waals surface area contributed by atoms with E-state index in [1.807, 2.05) is 91.0 Å². The third-order valence-electron chi connectivity index (χ3n) is 4.68. The van der Waals surface area contributed by atoms with Gasteiger partial charge in [-0.25, -0.2) is 4.98 Å². The number of benzene rings is 3. The van der Waals surface area contributed by atoms with Gasteiger partial charge in [0.05, 0.1) is 11.4 Å². The van der Waals surface area contributed by atoms with Crippen LogP contribution in [0.25, 0.3) is 11.3 Å². The summed E-state index contributed by atoms with van der Waals surface area (Å²) in [5.41, 5.74) is 1.80. The van der Waals surface area contributed by atoms with Crippen LogP contribution in [-0.4, -0.2) is 15.2 Å². The molecule has 3 nitrogen and oxygen atoms in total. The minimum absolute atomic E-state index is 0.158. The summed E-state index contributed by atoms with van der Waals surface area (Å²) in [4.78, 5) is 4.72. The maximum Gasteiger partial charge on any atom is 0.157 e. The molecule has 4 rings (SSSR count). The van der Waals surface area contributed by atoms with E-state index in [0.717, 1.165) is 11.1 Å². The van der Waals surface area contributed by atoms with Crippen LogP contribution in [0.15, 0.2) is 103 Å². The zero-order valence-electron chi connectivity index (χ0n) is 14.7. The number of para-hydroxylation sites is 1. The van der Waals surface area contributed by atoms with E-state index in [9.17, 15) is 10.2 Å². The summed E-state index contributed by atoms with van der Waals surface area (Å²) >= 11 is 0. The summed E-state index contributed by atoms with van der Waals surface area (Å²) in [6.07, 6.45) is 0. The highest BCUT2D eigenvalue weighted by atomic mass is 16.3. The molecule has 0 bridgehead atoms.